The molecule has 0 bridgehead atoms. The molecular formula is C16H22N2O3. The fourth-order valence-corrected chi connectivity index (χ4v) is 2.59. The summed E-state index contributed by atoms with van der Waals surface area (Å²) in [5, 5.41) is 2.63. The Labute approximate surface area is 124 Å². The van der Waals surface area contributed by atoms with Gasteiger partial charge in [-0.2, -0.15) is 0 Å². The van der Waals surface area contributed by atoms with Crippen molar-refractivity contribution in [3.05, 3.63) is 35.9 Å². The van der Waals surface area contributed by atoms with Crippen molar-refractivity contribution in [2.45, 2.75) is 44.2 Å². The van der Waals surface area contributed by atoms with Gasteiger partial charge in [-0.1, -0.05) is 49.6 Å². The first-order chi connectivity index (χ1) is 10.2. The first-order valence-corrected chi connectivity index (χ1v) is 7.42. The molecule has 2 rings (SSSR count). The average molecular weight is 290 g/mol. The molecule has 3 N–H and O–H groups in total. The van der Waals surface area contributed by atoms with E-state index in [1.54, 1.807) is 24.3 Å². The van der Waals surface area contributed by atoms with Crippen LogP contribution in [0.15, 0.2) is 30.3 Å². The van der Waals surface area contributed by atoms with E-state index in [2.05, 4.69) is 5.32 Å². The van der Waals surface area contributed by atoms with Crippen molar-refractivity contribution in [1.82, 2.24) is 5.32 Å². The second-order valence-electron chi connectivity index (χ2n) is 5.38. The number of ether oxygens (including phenoxy) is 1. The Morgan fingerprint density at radius 1 is 1.19 bits per heavy atom. The number of carbonyl (C=O) groups is 2. The average Bonchev–Trinajstić information content (AvgIpc) is 2.52. The lowest BCUT2D eigenvalue weighted by molar-refractivity contribution is -0.132. The smallest absolute Gasteiger partial charge is 0.246 e. The zero-order valence-electron chi connectivity index (χ0n) is 12.1. The van der Waals surface area contributed by atoms with Gasteiger partial charge >= 0.3 is 0 Å². The second-order valence-corrected chi connectivity index (χ2v) is 5.38. The number of primary amides is 1. The Morgan fingerprint density at radius 2 is 1.86 bits per heavy atom. The van der Waals surface area contributed by atoms with E-state index in [1.807, 2.05) is 6.07 Å². The highest BCUT2D eigenvalue weighted by Gasteiger charge is 2.21. The van der Waals surface area contributed by atoms with Gasteiger partial charge in [0.2, 0.25) is 11.8 Å². The summed E-state index contributed by atoms with van der Waals surface area (Å²) in [6.45, 7) is -0.0265. The summed E-state index contributed by atoms with van der Waals surface area (Å²) < 4.78 is 5.60. The van der Waals surface area contributed by atoms with Crippen molar-refractivity contribution >= 4 is 11.8 Å². The summed E-state index contributed by atoms with van der Waals surface area (Å²) in [6, 6.07) is 8.16. The molecule has 5 heteroatoms. The number of hydrogen-bond donors (Lipinski definition) is 2. The molecule has 0 aliphatic heterocycles. The van der Waals surface area contributed by atoms with Crippen LogP contribution in [-0.2, 0) is 14.3 Å². The van der Waals surface area contributed by atoms with Gasteiger partial charge in [-0.3, -0.25) is 9.59 Å². The summed E-state index contributed by atoms with van der Waals surface area (Å²) in [5.74, 6) is -0.888. The Bertz CT molecular complexity index is 470. The van der Waals surface area contributed by atoms with Gasteiger partial charge in [0, 0.05) is 0 Å². The first kappa shape index (κ1) is 15.5. The molecule has 1 aliphatic rings. The Kier molecular flexibility index (Phi) is 5.75. The minimum absolute atomic E-state index is 0.0265. The number of benzene rings is 1. The molecule has 114 valence electrons. The summed E-state index contributed by atoms with van der Waals surface area (Å²) >= 11 is 0. The van der Waals surface area contributed by atoms with Crippen molar-refractivity contribution in [2.24, 2.45) is 5.73 Å². The summed E-state index contributed by atoms with van der Waals surface area (Å²) in [6.07, 6.45) is 5.72. The van der Waals surface area contributed by atoms with Gasteiger partial charge in [-0.05, 0) is 18.4 Å². The number of nitrogens with one attached hydrogen (secondary N) is 1. The van der Waals surface area contributed by atoms with Crippen LogP contribution in [-0.4, -0.2) is 24.5 Å². The minimum atomic E-state index is -0.811. The molecule has 0 radical (unpaired) electrons. The fraction of sp³-hybridized carbons (Fsp3) is 0.500. The molecule has 5 nitrogen and oxygen atoms in total. The van der Waals surface area contributed by atoms with Gasteiger partial charge in [0.25, 0.3) is 0 Å². The molecule has 1 saturated carbocycles. The number of amides is 2. The van der Waals surface area contributed by atoms with E-state index in [0.717, 1.165) is 25.7 Å². The van der Waals surface area contributed by atoms with E-state index < -0.39 is 11.9 Å². The van der Waals surface area contributed by atoms with Crippen molar-refractivity contribution in [3.63, 3.8) is 0 Å². The van der Waals surface area contributed by atoms with E-state index in [1.165, 1.54) is 6.42 Å². The molecule has 1 fully saturated rings. The molecule has 21 heavy (non-hydrogen) atoms. The zero-order chi connectivity index (χ0) is 15.1. The molecule has 1 aliphatic carbocycles. The third kappa shape index (κ3) is 4.86. The fourth-order valence-electron chi connectivity index (χ4n) is 2.59. The SMILES string of the molecule is NC(=O)[C@H](NC(=O)COC1CCCCC1)c1ccccc1. The third-order valence-corrected chi connectivity index (χ3v) is 3.73. The molecular weight excluding hydrogens is 268 g/mol. The van der Waals surface area contributed by atoms with Gasteiger partial charge in [0.15, 0.2) is 0 Å². The molecule has 0 heterocycles. The highest BCUT2D eigenvalue weighted by molar-refractivity contribution is 5.88. The molecule has 0 aromatic heterocycles. The molecule has 2 amide bonds. The monoisotopic (exact) mass is 290 g/mol. The van der Waals surface area contributed by atoms with Crippen LogP contribution in [0.2, 0.25) is 0 Å². The van der Waals surface area contributed by atoms with E-state index >= 15 is 0 Å². The Balaban J connectivity index is 1.85. The maximum Gasteiger partial charge on any atom is 0.246 e. The molecule has 0 unspecified atom stereocenters. The Morgan fingerprint density at radius 3 is 2.48 bits per heavy atom. The van der Waals surface area contributed by atoms with Gasteiger partial charge < -0.3 is 15.8 Å². The van der Waals surface area contributed by atoms with E-state index in [-0.39, 0.29) is 18.6 Å². The van der Waals surface area contributed by atoms with Crippen LogP contribution < -0.4 is 11.1 Å². The predicted molar refractivity (Wildman–Crippen MR) is 79.3 cm³/mol. The molecule has 1 aromatic carbocycles. The van der Waals surface area contributed by atoms with Crippen LogP contribution >= 0.6 is 0 Å². The maximum absolute atomic E-state index is 11.9. The quantitative estimate of drug-likeness (QED) is 0.836. The lowest BCUT2D eigenvalue weighted by Crippen LogP contribution is -2.39. The van der Waals surface area contributed by atoms with Crippen LogP contribution in [0, 0.1) is 0 Å². The molecule has 1 atom stereocenters. The normalized spacial score (nSPS) is 17.1. The Hall–Kier alpha value is -1.88. The third-order valence-electron chi connectivity index (χ3n) is 3.73. The van der Waals surface area contributed by atoms with E-state index in [9.17, 15) is 9.59 Å². The van der Waals surface area contributed by atoms with Crippen LogP contribution in [0.5, 0.6) is 0 Å². The first-order valence-electron chi connectivity index (χ1n) is 7.42. The number of hydrogen-bond acceptors (Lipinski definition) is 3. The second kappa shape index (κ2) is 7.78. The van der Waals surface area contributed by atoms with E-state index in [4.69, 9.17) is 10.5 Å². The van der Waals surface area contributed by atoms with Crippen LogP contribution in [0.25, 0.3) is 0 Å². The summed E-state index contributed by atoms with van der Waals surface area (Å²) in [7, 11) is 0. The van der Waals surface area contributed by atoms with E-state index in [0.29, 0.717) is 5.56 Å². The highest BCUT2D eigenvalue weighted by atomic mass is 16.5. The van der Waals surface area contributed by atoms with Gasteiger partial charge in [-0.25, -0.2) is 0 Å². The molecule has 0 saturated heterocycles. The zero-order valence-corrected chi connectivity index (χ0v) is 12.1. The number of nitrogens with two attached hydrogens (primary N) is 1. The lowest BCUT2D eigenvalue weighted by Gasteiger charge is -2.22. The summed E-state index contributed by atoms with van der Waals surface area (Å²) in [5.41, 5.74) is 6.04. The van der Waals surface area contributed by atoms with Crippen LogP contribution in [0.3, 0.4) is 0 Å². The minimum Gasteiger partial charge on any atom is -0.368 e. The summed E-state index contributed by atoms with van der Waals surface area (Å²) in [4.78, 5) is 23.4. The molecule has 1 aromatic rings. The van der Waals surface area contributed by atoms with Gasteiger partial charge in [0.05, 0.1) is 6.10 Å². The van der Waals surface area contributed by atoms with Crippen molar-refractivity contribution in [2.75, 3.05) is 6.61 Å². The van der Waals surface area contributed by atoms with Gasteiger partial charge in [-0.15, -0.1) is 0 Å². The van der Waals surface area contributed by atoms with Crippen molar-refractivity contribution < 1.29 is 14.3 Å². The number of carbonyl (C=O) groups excluding carboxylic acids is 2. The van der Waals surface area contributed by atoms with Crippen LogP contribution in [0.1, 0.15) is 43.7 Å². The maximum atomic E-state index is 11.9. The molecule has 0 spiro atoms. The largest absolute Gasteiger partial charge is 0.368 e. The topological polar surface area (TPSA) is 81.4 Å². The number of rotatable bonds is 6. The van der Waals surface area contributed by atoms with Crippen molar-refractivity contribution in [1.29, 1.82) is 0 Å². The lowest BCUT2D eigenvalue weighted by atomic mass is 9.98. The van der Waals surface area contributed by atoms with Crippen LogP contribution in [0.4, 0.5) is 0 Å². The van der Waals surface area contributed by atoms with Gasteiger partial charge in [0.1, 0.15) is 12.6 Å². The predicted octanol–water partition coefficient (Wildman–Crippen LogP) is 1.68. The van der Waals surface area contributed by atoms with Crippen molar-refractivity contribution in [3.8, 4) is 0 Å². The standard InChI is InChI=1S/C16H22N2O3/c17-16(20)15(12-7-3-1-4-8-12)18-14(19)11-21-13-9-5-2-6-10-13/h1,3-4,7-8,13,15H,2,5-6,9-11H2,(H2,17,20)(H,18,19)/t15-/m1/s1. The highest BCUT2D eigenvalue weighted by Crippen LogP contribution is 2.20.